The SMILES string of the molecule is CC(CCN)NC(=O)c1c(O)cccc1O. The van der Waals surface area contributed by atoms with Crippen molar-refractivity contribution in [2.24, 2.45) is 5.73 Å². The Kier molecular flexibility index (Phi) is 4.13. The highest BCUT2D eigenvalue weighted by atomic mass is 16.3. The summed E-state index contributed by atoms with van der Waals surface area (Å²) in [5.74, 6) is -0.980. The third-order valence-corrected chi connectivity index (χ3v) is 2.22. The zero-order valence-electron chi connectivity index (χ0n) is 9.10. The van der Waals surface area contributed by atoms with E-state index in [4.69, 9.17) is 5.73 Å². The molecule has 0 aliphatic carbocycles. The number of phenols is 2. The van der Waals surface area contributed by atoms with Gasteiger partial charge in [0.1, 0.15) is 17.1 Å². The van der Waals surface area contributed by atoms with Crippen LogP contribution in [0.4, 0.5) is 0 Å². The molecule has 0 saturated carbocycles. The number of hydrogen-bond donors (Lipinski definition) is 4. The molecule has 0 aliphatic heterocycles. The van der Waals surface area contributed by atoms with Gasteiger partial charge in [-0.15, -0.1) is 0 Å². The lowest BCUT2D eigenvalue weighted by atomic mass is 10.1. The predicted molar refractivity (Wildman–Crippen MR) is 60.4 cm³/mol. The van der Waals surface area contributed by atoms with Gasteiger partial charge in [0, 0.05) is 6.04 Å². The van der Waals surface area contributed by atoms with E-state index in [1.165, 1.54) is 18.2 Å². The Labute approximate surface area is 93.9 Å². The monoisotopic (exact) mass is 224 g/mol. The van der Waals surface area contributed by atoms with Crippen molar-refractivity contribution in [2.75, 3.05) is 6.54 Å². The molecular weight excluding hydrogens is 208 g/mol. The van der Waals surface area contributed by atoms with E-state index >= 15 is 0 Å². The van der Waals surface area contributed by atoms with Crippen molar-refractivity contribution in [3.63, 3.8) is 0 Å². The average molecular weight is 224 g/mol. The number of amides is 1. The summed E-state index contributed by atoms with van der Waals surface area (Å²) >= 11 is 0. The van der Waals surface area contributed by atoms with Gasteiger partial charge in [0.25, 0.3) is 5.91 Å². The molecule has 5 nitrogen and oxygen atoms in total. The number of nitrogens with one attached hydrogen (secondary N) is 1. The van der Waals surface area contributed by atoms with E-state index in [0.717, 1.165) is 0 Å². The molecule has 0 aliphatic rings. The fourth-order valence-corrected chi connectivity index (χ4v) is 1.38. The summed E-state index contributed by atoms with van der Waals surface area (Å²) in [6.45, 7) is 2.27. The molecule has 1 aromatic carbocycles. The number of rotatable bonds is 4. The minimum absolute atomic E-state index is 0.100. The van der Waals surface area contributed by atoms with Gasteiger partial charge in [-0.25, -0.2) is 0 Å². The van der Waals surface area contributed by atoms with Crippen molar-refractivity contribution in [3.8, 4) is 11.5 Å². The van der Waals surface area contributed by atoms with Crippen LogP contribution in [0, 0.1) is 0 Å². The van der Waals surface area contributed by atoms with Crippen LogP contribution in [0.1, 0.15) is 23.7 Å². The molecule has 0 saturated heterocycles. The fraction of sp³-hybridized carbons (Fsp3) is 0.364. The first-order valence-corrected chi connectivity index (χ1v) is 5.08. The molecule has 88 valence electrons. The Morgan fingerprint density at radius 3 is 2.50 bits per heavy atom. The van der Waals surface area contributed by atoms with Crippen LogP contribution in [0.3, 0.4) is 0 Å². The van der Waals surface area contributed by atoms with Gasteiger partial charge in [-0.3, -0.25) is 4.79 Å². The molecule has 5 N–H and O–H groups in total. The summed E-state index contributed by atoms with van der Waals surface area (Å²) in [6, 6.07) is 4.06. The Balaban J connectivity index is 2.80. The van der Waals surface area contributed by atoms with Crippen molar-refractivity contribution in [2.45, 2.75) is 19.4 Å². The Morgan fingerprint density at radius 1 is 1.44 bits per heavy atom. The number of carbonyl (C=O) groups is 1. The summed E-state index contributed by atoms with van der Waals surface area (Å²) in [4.78, 5) is 11.7. The van der Waals surface area contributed by atoms with Gasteiger partial charge in [-0.2, -0.15) is 0 Å². The van der Waals surface area contributed by atoms with Crippen molar-refractivity contribution < 1.29 is 15.0 Å². The lowest BCUT2D eigenvalue weighted by molar-refractivity contribution is 0.0933. The van der Waals surface area contributed by atoms with Gasteiger partial charge in [0.2, 0.25) is 0 Å². The predicted octanol–water partition coefficient (Wildman–Crippen LogP) is 0.565. The Bertz CT molecular complexity index is 359. The van der Waals surface area contributed by atoms with Crippen molar-refractivity contribution in [3.05, 3.63) is 23.8 Å². The molecule has 1 aromatic rings. The van der Waals surface area contributed by atoms with E-state index in [1.807, 2.05) is 6.92 Å². The maximum atomic E-state index is 11.7. The zero-order chi connectivity index (χ0) is 12.1. The minimum atomic E-state index is -0.503. The van der Waals surface area contributed by atoms with Crippen LogP contribution >= 0.6 is 0 Å². The van der Waals surface area contributed by atoms with Crippen LogP contribution in [0.15, 0.2) is 18.2 Å². The molecule has 0 spiro atoms. The zero-order valence-corrected chi connectivity index (χ0v) is 9.10. The van der Waals surface area contributed by atoms with E-state index in [2.05, 4.69) is 5.32 Å². The molecule has 1 unspecified atom stereocenters. The molecule has 1 amide bonds. The van der Waals surface area contributed by atoms with Gasteiger partial charge in [-0.05, 0) is 32.0 Å². The first-order valence-electron chi connectivity index (χ1n) is 5.08. The lowest BCUT2D eigenvalue weighted by Crippen LogP contribution is -2.34. The van der Waals surface area contributed by atoms with E-state index < -0.39 is 5.91 Å². The van der Waals surface area contributed by atoms with E-state index in [0.29, 0.717) is 13.0 Å². The maximum Gasteiger partial charge on any atom is 0.259 e. The van der Waals surface area contributed by atoms with Crippen LogP contribution in [-0.2, 0) is 0 Å². The highest BCUT2D eigenvalue weighted by molar-refractivity contribution is 5.99. The van der Waals surface area contributed by atoms with Crippen molar-refractivity contribution in [1.82, 2.24) is 5.32 Å². The first kappa shape index (κ1) is 12.3. The number of benzene rings is 1. The molecule has 0 heterocycles. The molecule has 1 atom stereocenters. The number of aromatic hydroxyl groups is 2. The van der Waals surface area contributed by atoms with E-state index in [-0.39, 0.29) is 23.1 Å². The van der Waals surface area contributed by atoms with Gasteiger partial charge in [0.15, 0.2) is 0 Å². The normalized spacial score (nSPS) is 12.1. The summed E-state index contributed by atoms with van der Waals surface area (Å²) < 4.78 is 0. The summed E-state index contributed by atoms with van der Waals surface area (Å²) in [6.07, 6.45) is 0.639. The molecule has 16 heavy (non-hydrogen) atoms. The van der Waals surface area contributed by atoms with Crippen molar-refractivity contribution >= 4 is 5.91 Å². The number of carbonyl (C=O) groups excluding carboxylic acids is 1. The number of nitrogens with two attached hydrogens (primary N) is 1. The summed E-state index contributed by atoms with van der Waals surface area (Å²) in [5, 5.41) is 21.6. The van der Waals surface area contributed by atoms with Gasteiger partial charge in [-0.1, -0.05) is 6.07 Å². The highest BCUT2D eigenvalue weighted by Crippen LogP contribution is 2.25. The van der Waals surface area contributed by atoms with Crippen LogP contribution in [0.5, 0.6) is 11.5 Å². The standard InChI is InChI=1S/C11H16N2O3/c1-7(5-6-12)13-11(16)10-8(14)3-2-4-9(10)15/h2-4,7,14-15H,5-6,12H2,1H3,(H,13,16). The smallest absolute Gasteiger partial charge is 0.259 e. The number of phenolic OH excluding ortho intramolecular Hbond substituents is 2. The minimum Gasteiger partial charge on any atom is -0.507 e. The molecule has 5 heteroatoms. The fourth-order valence-electron chi connectivity index (χ4n) is 1.38. The lowest BCUT2D eigenvalue weighted by Gasteiger charge is -2.13. The largest absolute Gasteiger partial charge is 0.507 e. The van der Waals surface area contributed by atoms with Crippen LogP contribution < -0.4 is 11.1 Å². The highest BCUT2D eigenvalue weighted by Gasteiger charge is 2.17. The molecular formula is C11H16N2O3. The summed E-state index contributed by atoms with van der Waals surface area (Å²) in [5.41, 5.74) is 5.25. The Morgan fingerprint density at radius 2 is 2.00 bits per heavy atom. The van der Waals surface area contributed by atoms with Gasteiger partial charge in [0.05, 0.1) is 0 Å². The quantitative estimate of drug-likeness (QED) is 0.601. The van der Waals surface area contributed by atoms with Crippen LogP contribution in [0.2, 0.25) is 0 Å². The van der Waals surface area contributed by atoms with Gasteiger partial charge >= 0.3 is 0 Å². The molecule has 0 fully saturated rings. The van der Waals surface area contributed by atoms with Crippen molar-refractivity contribution in [1.29, 1.82) is 0 Å². The average Bonchev–Trinajstić information content (AvgIpc) is 2.17. The second kappa shape index (κ2) is 5.37. The molecule has 0 aromatic heterocycles. The third kappa shape index (κ3) is 2.87. The second-order valence-electron chi connectivity index (χ2n) is 3.62. The van der Waals surface area contributed by atoms with Crippen LogP contribution in [0.25, 0.3) is 0 Å². The molecule has 1 rings (SSSR count). The van der Waals surface area contributed by atoms with E-state index in [1.54, 1.807) is 0 Å². The summed E-state index contributed by atoms with van der Waals surface area (Å²) in [7, 11) is 0. The van der Waals surface area contributed by atoms with E-state index in [9.17, 15) is 15.0 Å². The molecule has 0 bridgehead atoms. The second-order valence-corrected chi connectivity index (χ2v) is 3.62. The topological polar surface area (TPSA) is 95.6 Å². The van der Waals surface area contributed by atoms with Crippen LogP contribution in [-0.4, -0.2) is 28.7 Å². The third-order valence-electron chi connectivity index (χ3n) is 2.22. The Hall–Kier alpha value is -1.75. The molecule has 0 radical (unpaired) electrons. The maximum absolute atomic E-state index is 11.7. The first-order chi connectivity index (χ1) is 7.56. The number of hydrogen-bond acceptors (Lipinski definition) is 4. The van der Waals surface area contributed by atoms with Gasteiger partial charge < -0.3 is 21.3 Å².